The van der Waals surface area contributed by atoms with Crippen LogP contribution in [0.1, 0.15) is 10.4 Å². The molecule has 1 N–H and O–H groups in total. The number of aromatic nitrogens is 2. The lowest BCUT2D eigenvalue weighted by Gasteiger charge is -2.11. The number of anilines is 1. The molecule has 7 nitrogen and oxygen atoms in total. The zero-order valence-corrected chi connectivity index (χ0v) is 13.9. The summed E-state index contributed by atoms with van der Waals surface area (Å²) in [5.41, 5.74) is 0.877. The highest BCUT2D eigenvalue weighted by Crippen LogP contribution is 2.16. The minimum absolute atomic E-state index is 0.157. The SMILES string of the molecule is COC(=O)c1ccccc1NC(=O)Cn1ccc2ccn(C)c2c1=O. The summed E-state index contributed by atoms with van der Waals surface area (Å²) in [6, 6.07) is 10.2. The van der Waals surface area contributed by atoms with Gasteiger partial charge in [0.25, 0.3) is 5.56 Å². The average molecular weight is 339 g/mol. The number of rotatable bonds is 4. The number of methoxy groups -OCH3 is 1. The number of hydrogen-bond acceptors (Lipinski definition) is 4. The van der Waals surface area contributed by atoms with Gasteiger partial charge in [-0.3, -0.25) is 9.59 Å². The molecule has 0 unspecified atom stereocenters. The van der Waals surface area contributed by atoms with Crippen LogP contribution in [0.25, 0.3) is 10.9 Å². The molecule has 3 rings (SSSR count). The van der Waals surface area contributed by atoms with E-state index in [1.54, 1.807) is 54.3 Å². The number of pyridine rings is 1. The molecule has 128 valence electrons. The van der Waals surface area contributed by atoms with Crippen molar-refractivity contribution in [1.29, 1.82) is 0 Å². The number of esters is 1. The number of carbonyl (C=O) groups is 2. The fourth-order valence-electron chi connectivity index (χ4n) is 2.68. The first-order chi connectivity index (χ1) is 12.0. The molecule has 0 spiro atoms. The van der Waals surface area contributed by atoms with Gasteiger partial charge in [-0.2, -0.15) is 0 Å². The molecule has 0 radical (unpaired) electrons. The van der Waals surface area contributed by atoms with Crippen molar-refractivity contribution in [2.45, 2.75) is 6.54 Å². The smallest absolute Gasteiger partial charge is 0.339 e. The molecule has 1 amide bonds. The third-order valence-corrected chi connectivity index (χ3v) is 3.92. The normalized spacial score (nSPS) is 10.6. The quantitative estimate of drug-likeness (QED) is 0.735. The van der Waals surface area contributed by atoms with Crippen molar-refractivity contribution in [2.75, 3.05) is 12.4 Å². The summed E-state index contributed by atoms with van der Waals surface area (Å²) in [6.07, 6.45) is 3.37. The van der Waals surface area contributed by atoms with Gasteiger partial charge in [0, 0.05) is 24.8 Å². The first kappa shape index (κ1) is 16.5. The van der Waals surface area contributed by atoms with Crippen LogP contribution in [0.4, 0.5) is 5.69 Å². The number of hydrogen-bond donors (Lipinski definition) is 1. The summed E-state index contributed by atoms with van der Waals surface area (Å²) in [5.74, 6) is -0.953. The Morgan fingerprint density at radius 3 is 2.60 bits per heavy atom. The molecule has 0 atom stereocenters. The molecular formula is C18H17N3O4. The van der Waals surface area contributed by atoms with E-state index in [1.807, 2.05) is 6.07 Å². The largest absolute Gasteiger partial charge is 0.465 e. The summed E-state index contributed by atoms with van der Waals surface area (Å²) < 4.78 is 7.75. The second kappa shape index (κ2) is 6.64. The maximum Gasteiger partial charge on any atom is 0.339 e. The Morgan fingerprint density at radius 1 is 1.12 bits per heavy atom. The van der Waals surface area contributed by atoms with Crippen LogP contribution in [0.5, 0.6) is 0 Å². The number of carbonyl (C=O) groups excluding carboxylic acids is 2. The Kier molecular flexibility index (Phi) is 4.38. The Hall–Kier alpha value is -3.35. The zero-order valence-electron chi connectivity index (χ0n) is 13.9. The Bertz CT molecular complexity index is 1020. The number of ether oxygens (including phenoxy) is 1. The molecule has 7 heteroatoms. The Balaban J connectivity index is 1.85. The minimum Gasteiger partial charge on any atom is -0.465 e. The van der Waals surface area contributed by atoms with E-state index < -0.39 is 11.9 Å². The molecule has 25 heavy (non-hydrogen) atoms. The molecule has 0 aliphatic rings. The summed E-state index contributed by atoms with van der Waals surface area (Å²) >= 11 is 0. The van der Waals surface area contributed by atoms with Crippen LogP contribution in [0, 0.1) is 0 Å². The maximum absolute atomic E-state index is 12.5. The Morgan fingerprint density at radius 2 is 1.84 bits per heavy atom. The van der Waals surface area contributed by atoms with Crippen LogP contribution >= 0.6 is 0 Å². The van der Waals surface area contributed by atoms with Gasteiger partial charge in [-0.05, 0) is 24.3 Å². The molecular weight excluding hydrogens is 322 g/mol. The van der Waals surface area contributed by atoms with Crippen molar-refractivity contribution in [3.8, 4) is 0 Å². The average Bonchev–Trinajstić information content (AvgIpc) is 2.99. The highest BCUT2D eigenvalue weighted by molar-refractivity contribution is 6.01. The number of fused-ring (bicyclic) bond motifs is 1. The van der Waals surface area contributed by atoms with Gasteiger partial charge in [0.2, 0.25) is 5.91 Å². The van der Waals surface area contributed by atoms with Gasteiger partial charge >= 0.3 is 5.97 Å². The first-order valence-corrected chi connectivity index (χ1v) is 7.63. The number of nitrogens with zero attached hydrogens (tertiary/aromatic N) is 2. The summed E-state index contributed by atoms with van der Waals surface area (Å²) in [5, 5.41) is 3.47. The topological polar surface area (TPSA) is 82.3 Å². The molecule has 2 heterocycles. The van der Waals surface area contributed by atoms with E-state index in [9.17, 15) is 14.4 Å². The summed E-state index contributed by atoms with van der Waals surface area (Å²) in [4.78, 5) is 36.6. The lowest BCUT2D eigenvalue weighted by atomic mass is 10.2. The van der Waals surface area contributed by atoms with Crippen LogP contribution in [0.3, 0.4) is 0 Å². The number of nitrogens with one attached hydrogen (secondary N) is 1. The van der Waals surface area contributed by atoms with Crippen molar-refractivity contribution >= 4 is 28.5 Å². The standard InChI is InChI=1S/C18H17N3O4/c1-20-9-7-12-8-10-21(17(23)16(12)20)11-15(22)19-14-6-4-3-5-13(14)18(24)25-2/h3-10H,11H2,1-2H3,(H,19,22). The van der Waals surface area contributed by atoms with Crippen LogP contribution in [-0.4, -0.2) is 28.1 Å². The second-order valence-corrected chi connectivity index (χ2v) is 5.56. The van der Waals surface area contributed by atoms with Crippen molar-refractivity contribution in [3.05, 3.63) is 64.7 Å². The molecule has 3 aromatic rings. The molecule has 0 saturated heterocycles. The van der Waals surface area contributed by atoms with Crippen molar-refractivity contribution in [2.24, 2.45) is 7.05 Å². The van der Waals surface area contributed by atoms with Crippen LogP contribution in [0.15, 0.2) is 53.6 Å². The molecule has 0 saturated carbocycles. The maximum atomic E-state index is 12.5. The van der Waals surface area contributed by atoms with Crippen molar-refractivity contribution in [1.82, 2.24) is 9.13 Å². The highest BCUT2D eigenvalue weighted by atomic mass is 16.5. The van der Waals surface area contributed by atoms with Gasteiger partial charge in [-0.25, -0.2) is 4.79 Å². The number of benzene rings is 1. The lowest BCUT2D eigenvalue weighted by Crippen LogP contribution is -2.28. The number of amides is 1. The van der Waals surface area contributed by atoms with Gasteiger partial charge < -0.3 is 19.2 Å². The van der Waals surface area contributed by atoms with E-state index in [2.05, 4.69) is 5.32 Å². The van der Waals surface area contributed by atoms with Gasteiger partial charge in [0.1, 0.15) is 12.1 Å². The van der Waals surface area contributed by atoms with Gasteiger partial charge in [-0.15, -0.1) is 0 Å². The van der Waals surface area contributed by atoms with Crippen LogP contribution in [0.2, 0.25) is 0 Å². The molecule has 0 aliphatic carbocycles. The fourth-order valence-corrected chi connectivity index (χ4v) is 2.68. The predicted molar refractivity (Wildman–Crippen MR) is 93.6 cm³/mol. The minimum atomic E-state index is -0.543. The second-order valence-electron chi connectivity index (χ2n) is 5.56. The van der Waals surface area contributed by atoms with Crippen molar-refractivity contribution < 1.29 is 14.3 Å². The van der Waals surface area contributed by atoms with Crippen LogP contribution in [-0.2, 0) is 23.1 Å². The highest BCUT2D eigenvalue weighted by Gasteiger charge is 2.14. The predicted octanol–water partition coefficient (Wildman–Crippen LogP) is 1.77. The third-order valence-electron chi connectivity index (χ3n) is 3.92. The summed E-state index contributed by atoms with van der Waals surface area (Å²) in [7, 11) is 3.05. The molecule has 0 fully saturated rings. The van der Waals surface area contributed by atoms with E-state index in [-0.39, 0.29) is 17.7 Å². The van der Waals surface area contributed by atoms with E-state index in [1.165, 1.54) is 11.7 Å². The zero-order chi connectivity index (χ0) is 18.0. The van der Waals surface area contributed by atoms with E-state index in [0.717, 1.165) is 5.39 Å². The van der Waals surface area contributed by atoms with E-state index in [0.29, 0.717) is 11.2 Å². The molecule has 1 aromatic carbocycles. The Labute approximate surface area is 143 Å². The van der Waals surface area contributed by atoms with Gasteiger partial charge in [0.05, 0.1) is 18.4 Å². The third kappa shape index (κ3) is 3.16. The van der Waals surface area contributed by atoms with Crippen molar-refractivity contribution in [3.63, 3.8) is 0 Å². The van der Waals surface area contributed by atoms with E-state index >= 15 is 0 Å². The van der Waals surface area contributed by atoms with Crippen LogP contribution < -0.4 is 10.9 Å². The van der Waals surface area contributed by atoms with Gasteiger partial charge in [-0.1, -0.05) is 12.1 Å². The van der Waals surface area contributed by atoms with E-state index in [4.69, 9.17) is 4.74 Å². The fraction of sp³-hybridized carbons (Fsp3) is 0.167. The lowest BCUT2D eigenvalue weighted by molar-refractivity contribution is -0.116. The summed E-state index contributed by atoms with van der Waals surface area (Å²) in [6.45, 7) is -0.157. The number of para-hydroxylation sites is 1. The first-order valence-electron chi connectivity index (χ1n) is 7.63. The van der Waals surface area contributed by atoms with Gasteiger partial charge in [0.15, 0.2) is 0 Å². The molecule has 0 bridgehead atoms. The molecule has 0 aliphatic heterocycles. The molecule has 2 aromatic heterocycles. The monoisotopic (exact) mass is 339 g/mol. The number of aryl methyl sites for hydroxylation is 1.